The van der Waals surface area contributed by atoms with Crippen LogP contribution in [0.2, 0.25) is 0 Å². The quantitative estimate of drug-likeness (QED) is 0.757. The minimum atomic E-state index is 0.110. The lowest BCUT2D eigenvalue weighted by Crippen LogP contribution is -2.26. The Morgan fingerprint density at radius 2 is 2.56 bits per heavy atom. The Hall–Kier alpha value is -1.36. The van der Waals surface area contributed by atoms with Crippen molar-refractivity contribution in [3.8, 4) is 0 Å². The lowest BCUT2D eigenvalue weighted by atomic mass is 10.2. The van der Waals surface area contributed by atoms with Crippen molar-refractivity contribution < 1.29 is 4.79 Å². The molecule has 1 aromatic rings. The van der Waals surface area contributed by atoms with Gasteiger partial charge in [0.05, 0.1) is 12.0 Å². The maximum absolute atomic E-state index is 11.3. The molecule has 0 bridgehead atoms. The van der Waals surface area contributed by atoms with E-state index in [1.807, 2.05) is 13.3 Å². The van der Waals surface area contributed by atoms with Gasteiger partial charge in [-0.1, -0.05) is 0 Å². The SMILES string of the molecule is CCNC(=O)CCn1cnc2c1CCNC2. The van der Waals surface area contributed by atoms with Gasteiger partial charge >= 0.3 is 0 Å². The van der Waals surface area contributed by atoms with Crippen molar-refractivity contribution in [2.45, 2.75) is 32.9 Å². The van der Waals surface area contributed by atoms with Gasteiger partial charge in [-0.15, -0.1) is 0 Å². The first-order valence-corrected chi connectivity index (χ1v) is 5.81. The van der Waals surface area contributed by atoms with E-state index in [2.05, 4.69) is 20.2 Å². The Morgan fingerprint density at radius 1 is 1.69 bits per heavy atom. The van der Waals surface area contributed by atoms with E-state index in [0.29, 0.717) is 13.0 Å². The molecule has 16 heavy (non-hydrogen) atoms. The molecule has 0 aliphatic carbocycles. The number of amides is 1. The van der Waals surface area contributed by atoms with Crippen LogP contribution in [0.4, 0.5) is 0 Å². The van der Waals surface area contributed by atoms with Crippen molar-refractivity contribution in [2.24, 2.45) is 0 Å². The van der Waals surface area contributed by atoms with Crippen LogP contribution in [0.25, 0.3) is 0 Å². The van der Waals surface area contributed by atoms with Crippen molar-refractivity contribution in [3.05, 3.63) is 17.7 Å². The van der Waals surface area contributed by atoms with Gasteiger partial charge < -0.3 is 15.2 Å². The maximum atomic E-state index is 11.3. The highest BCUT2D eigenvalue weighted by Crippen LogP contribution is 2.12. The number of nitrogens with zero attached hydrogens (tertiary/aromatic N) is 2. The number of carbonyl (C=O) groups is 1. The van der Waals surface area contributed by atoms with Crippen LogP contribution >= 0.6 is 0 Å². The Bertz CT molecular complexity index is 372. The van der Waals surface area contributed by atoms with Gasteiger partial charge in [-0.2, -0.15) is 0 Å². The molecule has 0 aromatic carbocycles. The van der Waals surface area contributed by atoms with Crippen LogP contribution in [-0.2, 0) is 24.3 Å². The van der Waals surface area contributed by atoms with Gasteiger partial charge in [-0.25, -0.2) is 4.98 Å². The largest absolute Gasteiger partial charge is 0.356 e. The monoisotopic (exact) mass is 222 g/mol. The average Bonchev–Trinajstić information content (AvgIpc) is 2.70. The Balaban J connectivity index is 1.94. The number of carbonyl (C=O) groups excluding carboxylic acids is 1. The summed E-state index contributed by atoms with van der Waals surface area (Å²) in [4.78, 5) is 15.7. The number of rotatable bonds is 4. The fourth-order valence-electron chi connectivity index (χ4n) is 2.00. The minimum Gasteiger partial charge on any atom is -0.356 e. The van der Waals surface area contributed by atoms with Crippen LogP contribution < -0.4 is 10.6 Å². The number of aryl methyl sites for hydroxylation is 1. The number of fused-ring (bicyclic) bond motifs is 1. The van der Waals surface area contributed by atoms with Crippen molar-refractivity contribution in [3.63, 3.8) is 0 Å². The molecule has 1 aromatic heterocycles. The second-order valence-electron chi connectivity index (χ2n) is 3.96. The highest BCUT2D eigenvalue weighted by Gasteiger charge is 2.14. The second kappa shape index (κ2) is 5.12. The van der Waals surface area contributed by atoms with E-state index >= 15 is 0 Å². The number of aromatic nitrogens is 2. The van der Waals surface area contributed by atoms with Crippen molar-refractivity contribution in [1.82, 2.24) is 20.2 Å². The summed E-state index contributed by atoms with van der Waals surface area (Å²) in [5.41, 5.74) is 2.41. The van der Waals surface area contributed by atoms with E-state index in [-0.39, 0.29) is 5.91 Å². The Kier molecular flexibility index (Phi) is 3.56. The summed E-state index contributed by atoms with van der Waals surface area (Å²) in [6, 6.07) is 0. The van der Waals surface area contributed by atoms with Crippen molar-refractivity contribution in [2.75, 3.05) is 13.1 Å². The number of hydrogen-bond acceptors (Lipinski definition) is 3. The molecule has 2 N–H and O–H groups in total. The molecule has 0 spiro atoms. The van der Waals surface area contributed by atoms with Gasteiger partial charge in [0.1, 0.15) is 0 Å². The molecule has 2 heterocycles. The molecule has 1 aliphatic rings. The average molecular weight is 222 g/mol. The van der Waals surface area contributed by atoms with Crippen molar-refractivity contribution in [1.29, 1.82) is 0 Å². The predicted molar refractivity (Wildman–Crippen MR) is 60.9 cm³/mol. The van der Waals surface area contributed by atoms with Gasteiger partial charge in [-0.3, -0.25) is 4.79 Å². The standard InChI is InChI=1S/C11H18N4O/c1-2-13-11(16)4-6-15-8-14-9-7-12-5-3-10(9)15/h8,12H,2-7H2,1H3,(H,13,16). The Morgan fingerprint density at radius 3 is 3.38 bits per heavy atom. The lowest BCUT2D eigenvalue weighted by Gasteiger charge is -2.14. The van der Waals surface area contributed by atoms with Crippen LogP contribution in [0.3, 0.4) is 0 Å². The molecule has 1 aliphatic heterocycles. The first-order valence-electron chi connectivity index (χ1n) is 5.81. The van der Waals surface area contributed by atoms with Gasteiger partial charge in [-0.05, 0) is 6.92 Å². The zero-order valence-corrected chi connectivity index (χ0v) is 9.62. The van der Waals surface area contributed by atoms with E-state index in [1.165, 1.54) is 5.69 Å². The first-order chi connectivity index (χ1) is 7.81. The molecule has 5 heteroatoms. The fraction of sp³-hybridized carbons (Fsp3) is 0.636. The molecule has 1 amide bonds. The molecule has 5 nitrogen and oxygen atoms in total. The molecule has 0 saturated carbocycles. The summed E-state index contributed by atoms with van der Waals surface area (Å²) in [7, 11) is 0. The second-order valence-corrected chi connectivity index (χ2v) is 3.96. The topological polar surface area (TPSA) is 59.0 Å². The van der Waals surface area contributed by atoms with Crippen LogP contribution in [0.5, 0.6) is 0 Å². The number of nitrogens with one attached hydrogen (secondary N) is 2. The molecule has 0 saturated heterocycles. The smallest absolute Gasteiger partial charge is 0.221 e. The molecule has 2 rings (SSSR count). The molecular weight excluding hydrogens is 204 g/mol. The molecular formula is C11H18N4O. The Labute approximate surface area is 95.2 Å². The summed E-state index contributed by atoms with van der Waals surface area (Å²) in [6.45, 7) is 5.21. The van der Waals surface area contributed by atoms with Gasteiger partial charge in [0.25, 0.3) is 0 Å². The van der Waals surface area contributed by atoms with Crippen LogP contribution in [0.1, 0.15) is 24.7 Å². The van der Waals surface area contributed by atoms with Gasteiger partial charge in [0.2, 0.25) is 5.91 Å². The third-order valence-corrected chi connectivity index (χ3v) is 2.82. The third-order valence-electron chi connectivity index (χ3n) is 2.82. The van der Waals surface area contributed by atoms with E-state index in [1.54, 1.807) is 0 Å². The van der Waals surface area contributed by atoms with Crippen LogP contribution in [0.15, 0.2) is 6.33 Å². The molecule has 88 valence electrons. The van der Waals surface area contributed by atoms with Crippen molar-refractivity contribution >= 4 is 5.91 Å². The normalized spacial score (nSPS) is 14.6. The summed E-state index contributed by atoms with van der Waals surface area (Å²) >= 11 is 0. The summed E-state index contributed by atoms with van der Waals surface area (Å²) < 4.78 is 2.10. The summed E-state index contributed by atoms with van der Waals surface area (Å²) in [5, 5.41) is 6.09. The molecule has 0 radical (unpaired) electrons. The molecule has 0 unspecified atom stereocenters. The highest BCUT2D eigenvalue weighted by atomic mass is 16.1. The van der Waals surface area contributed by atoms with Crippen LogP contribution in [0, 0.1) is 0 Å². The predicted octanol–water partition coefficient (Wildman–Crippen LogP) is 0.0550. The maximum Gasteiger partial charge on any atom is 0.221 e. The molecule has 0 fully saturated rings. The number of hydrogen-bond donors (Lipinski definition) is 2. The third kappa shape index (κ3) is 2.41. The van der Waals surface area contributed by atoms with Gasteiger partial charge in [0, 0.05) is 44.7 Å². The van der Waals surface area contributed by atoms with E-state index < -0.39 is 0 Å². The first kappa shape index (κ1) is 11.1. The zero-order valence-electron chi connectivity index (χ0n) is 9.62. The summed E-state index contributed by atoms with van der Waals surface area (Å²) in [6.07, 6.45) is 3.38. The number of imidazole rings is 1. The zero-order chi connectivity index (χ0) is 11.4. The van der Waals surface area contributed by atoms with E-state index in [9.17, 15) is 4.79 Å². The van der Waals surface area contributed by atoms with Gasteiger partial charge in [0.15, 0.2) is 0 Å². The minimum absolute atomic E-state index is 0.110. The lowest BCUT2D eigenvalue weighted by molar-refractivity contribution is -0.121. The summed E-state index contributed by atoms with van der Waals surface area (Å²) in [5.74, 6) is 0.110. The fourth-order valence-corrected chi connectivity index (χ4v) is 2.00. The highest BCUT2D eigenvalue weighted by molar-refractivity contribution is 5.75. The van der Waals surface area contributed by atoms with Crippen LogP contribution in [-0.4, -0.2) is 28.5 Å². The van der Waals surface area contributed by atoms with E-state index in [4.69, 9.17) is 0 Å². The molecule has 0 atom stereocenters. The van der Waals surface area contributed by atoms with E-state index in [0.717, 1.165) is 31.7 Å².